The predicted molar refractivity (Wildman–Crippen MR) is 57.2 cm³/mol. The van der Waals surface area contributed by atoms with Gasteiger partial charge in [0.05, 0.1) is 5.69 Å². The molecule has 1 aliphatic rings. The number of benzene rings is 1. The Morgan fingerprint density at radius 3 is 2.93 bits per heavy atom. The smallest absolute Gasteiger partial charge is 0.146 e. The molecule has 1 nitrogen and oxygen atoms in total. The summed E-state index contributed by atoms with van der Waals surface area (Å²) in [4.78, 5) is 2.01. The van der Waals surface area contributed by atoms with Crippen molar-refractivity contribution in [1.82, 2.24) is 0 Å². The molecule has 2 rings (SSSR count). The van der Waals surface area contributed by atoms with Gasteiger partial charge in [0.25, 0.3) is 0 Å². The Balaban J connectivity index is 2.28. The van der Waals surface area contributed by atoms with Gasteiger partial charge < -0.3 is 4.90 Å². The van der Waals surface area contributed by atoms with Crippen LogP contribution in [0.1, 0.15) is 26.2 Å². The summed E-state index contributed by atoms with van der Waals surface area (Å²) < 4.78 is 21.4. The number of hydrogen-bond donors (Lipinski definition) is 0. The van der Waals surface area contributed by atoms with Gasteiger partial charge in [-0.3, -0.25) is 0 Å². The molecule has 76 valence electrons. The summed E-state index contributed by atoms with van der Waals surface area (Å²) in [6.45, 7) is 3.45. The van der Waals surface area contributed by atoms with E-state index in [9.17, 15) is 4.39 Å². The Morgan fingerprint density at radius 2 is 2.21 bits per heavy atom. The molecule has 1 aromatic carbocycles. The Hall–Kier alpha value is -1.05. The van der Waals surface area contributed by atoms with Crippen LogP contribution in [-0.4, -0.2) is 13.1 Å². The molecular weight excluding hydrogens is 177 g/mol. The normalized spacial score (nSPS) is 23.4. The van der Waals surface area contributed by atoms with Gasteiger partial charge in [0.1, 0.15) is 5.82 Å². The highest BCUT2D eigenvalue weighted by molar-refractivity contribution is 5.54. The molecule has 1 aromatic rings. The summed E-state index contributed by atoms with van der Waals surface area (Å²) in [5.41, 5.74) is 1.65. The molecule has 0 bridgehead atoms. The molecule has 0 aliphatic carbocycles. The van der Waals surface area contributed by atoms with E-state index in [1.807, 2.05) is 17.9 Å². The van der Waals surface area contributed by atoms with Crippen molar-refractivity contribution in [3.05, 3.63) is 29.6 Å². The number of nitrogens with zero attached hydrogens (tertiary/aromatic N) is 1. The minimum absolute atomic E-state index is 0.0715. The fraction of sp³-hybridized carbons (Fsp3) is 0.500. The molecule has 14 heavy (non-hydrogen) atoms. The number of para-hydroxylation sites is 1. The van der Waals surface area contributed by atoms with Crippen LogP contribution in [0.4, 0.5) is 10.1 Å². The van der Waals surface area contributed by atoms with Crippen LogP contribution in [-0.2, 0) is 0 Å². The Bertz CT molecular complexity index is 333. The van der Waals surface area contributed by atoms with Gasteiger partial charge in [-0.2, -0.15) is 0 Å². The zero-order valence-corrected chi connectivity index (χ0v) is 8.46. The van der Waals surface area contributed by atoms with Crippen molar-refractivity contribution in [3.8, 4) is 0 Å². The van der Waals surface area contributed by atoms with Gasteiger partial charge >= 0.3 is 0 Å². The highest BCUT2D eigenvalue weighted by Crippen LogP contribution is 2.26. The average Bonchev–Trinajstić information content (AvgIpc) is 2.17. The van der Waals surface area contributed by atoms with Crippen molar-refractivity contribution < 1.29 is 5.76 Å². The second kappa shape index (κ2) is 3.99. The molecule has 0 amide bonds. The zero-order chi connectivity index (χ0) is 10.8. The molecule has 1 saturated heterocycles. The molecule has 1 heterocycles. The van der Waals surface area contributed by atoms with Crippen molar-refractivity contribution in [2.45, 2.75) is 26.2 Å². The first-order valence-corrected chi connectivity index (χ1v) is 5.11. The van der Waals surface area contributed by atoms with Gasteiger partial charge in [-0.05, 0) is 37.8 Å². The van der Waals surface area contributed by atoms with E-state index in [1.54, 1.807) is 6.07 Å². The summed E-state index contributed by atoms with van der Waals surface area (Å²) in [7, 11) is 0. The average molecular weight is 194 g/mol. The molecule has 0 N–H and O–H groups in total. The zero-order valence-electron chi connectivity index (χ0n) is 9.46. The minimum Gasteiger partial charge on any atom is -0.369 e. The quantitative estimate of drug-likeness (QED) is 0.664. The summed E-state index contributed by atoms with van der Waals surface area (Å²) in [6, 6.07) is 5.15. The van der Waals surface area contributed by atoms with Crippen LogP contribution in [0.3, 0.4) is 0 Å². The summed E-state index contributed by atoms with van der Waals surface area (Å²) >= 11 is 0. The summed E-state index contributed by atoms with van der Waals surface area (Å²) in [5, 5.41) is 0. The van der Waals surface area contributed by atoms with Crippen LogP contribution in [0.15, 0.2) is 18.2 Å². The number of rotatable bonds is 1. The topological polar surface area (TPSA) is 3.24 Å². The second-order valence-corrected chi connectivity index (χ2v) is 3.78. The number of hydrogen-bond acceptors (Lipinski definition) is 1. The largest absolute Gasteiger partial charge is 0.369 e. The van der Waals surface area contributed by atoms with E-state index in [2.05, 4.69) is 0 Å². The predicted octanol–water partition coefficient (Wildman–Crippen LogP) is 3.12. The maximum atomic E-state index is 13.7. The number of anilines is 1. The first kappa shape index (κ1) is 8.27. The van der Waals surface area contributed by atoms with Crippen LogP contribution in [0, 0.1) is 12.7 Å². The Labute approximate surface area is 85.9 Å². The highest BCUT2D eigenvalue weighted by Gasteiger charge is 2.15. The molecule has 0 radical (unpaired) electrons. The lowest BCUT2D eigenvalue weighted by Gasteiger charge is -2.30. The molecule has 1 atom stereocenters. The van der Waals surface area contributed by atoms with Gasteiger partial charge in [-0.15, -0.1) is 0 Å². The van der Waals surface area contributed by atoms with E-state index in [0.717, 1.165) is 24.9 Å². The van der Waals surface area contributed by atoms with Crippen molar-refractivity contribution in [2.24, 2.45) is 0 Å². The third-order valence-electron chi connectivity index (χ3n) is 2.69. The minimum atomic E-state index is -0.163. The summed E-state index contributed by atoms with van der Waals surface area (Å²) in [6.07, 6.45) is 1.85. The lowest BCUT2D eigenvalue weighted by Crippen LogP contribution is -2.30. The molecule has 0 spiro atoms. The third-order valence-corrected chi connectivity index (χ3v) is 2.69. The lowest BCUT2D eigenvalue weighted by atomic mass is 10.1. The number of piperidine rings is 1. The van der Waals surface area contributed by atoms with E-state index < -0.39 is 0 Å². The Morgan fingerprint density at radius 1 is 1.36 bits per heavy atom. The van der Waals surface area contributed by atoms with Crippen LogP contribution in [0.5, 0.6) is 0 Å². The standard InChI is InChI=1S/C12H16FN/c1-10-6-5-7-11(13)12(10)14-8-3-2-4-9-14/h5-7H,2-4,8-9H2,1H3/i3D. The third kappa shape index (κ3) is 1.74. The van der Waals surface area contributed by atoms with E-state index in [1.165, 1.54) is 6.07 Å². The SMILES string of the molecule is [2H]C1CCCN(c2c(C)cccc2F)C1. The van der Waals surface area contributed by atoms with Crippen LogP contribution in [0.2, 0.25) is 0 Å². The van der Waals surface area contributed by atoms with E-state index in [4.69, 9.17) is 1.37 Å². The van der Waals surface area contributed by atoms with E-state index in [-0.39, 0.29) is 12.2 Å². The fourth-order valence-electron chi connectivity index (χ4n) is 1.99. The van der Waals surface area contributed by atoms with E-state index >= 15 is 0 Å². The van der Waals surface area contributed by atoms with Crippen molar-refractivity contribution >= 4 is 5.69 Å². The van der Waals surface area contributed by atoms with E-state index in [0.29, 0.717) is 12.2 Å². The van der Waals surface area contributed by atoms with Gasteiger partial charge in [0, 0.05) is 14.5 Å². The van der Waals surface area contributed by atoms with Gasteiger partial charge in [0.15, 0.2) is 0 Å². The second-order valence-electron chi connectivity index (χ2n) is 3.78. The maximum Gasteiger partial charge on any atom is 0.146 e. The molecule has 2 heteroatoms. The molecule has 1 fully saturated rings. The molecule has 0 aromatic heterocycles. The Kier molecular flexibility index (Phi) is 2.36. The monoisotopic (exact) mass is 194 g/mol. The van der Waals surface area contributed by atoms with Crippen molar-refractivity contribution in [2.75, 3.05) is 18.0 Å². The molecule has 1 unspecified atom stereocenters. The maximum absolute atomic E-state index is 13.7. The fourth-order valence-corrected chi connectivity index (χ4v) is 1.99. The van der Waals surface area contributed by atoms with Crippen molar-refractivity contribution in [3.63, 3.8) is 0 Å². The van der Waals surface area contributed by atoms with Gasteiger partial charge in [-0.25, -0.2) is 4.39 Å². The van der Waals surface area contributed by atoms with Crippen LogP contribution in [0.25, 0.3) is 0 Å². The highest BCUT2D eigenvalue weighted by atomic mass is 19.1. The summed E-state index contributed by atoms with van der Waals surface area (Å²) in [5.74, 6) is -0.163. The van der Waals surface area contributed by atoms with Gasteiger partial charge in [-0.1, -0.05) is 12.1 Å². The van der Waals surface area contributed by atoms with Crippen LogP contribution >= 0.6 is 0 Å². The van der Waals surface area contributed by atoms with Crippen LogP contribution < -0.4 is 4.90 Å². The first-order chi connectivity index (χ1) is 7.18. The number of halogens is 1. The molecule has 1 aliphatic heterocycles. The van der Waals surface area contributed by atoms with Crippen molar-refractivity contribution in [1.29, 1.82) is 0 Å². The van der Waals surface area contributed by atoms with Gasteiger partial charge in [0.2, 0.25) is 0 Å². The number of aryl methyl sites for hydroxylation is 1. The lowest BCUT2D eigenvalue weighted by molar-refractivity contribution is 0.555. The first-order valence-electron chi connectivity index (χ1n) is 5.68. The molecule has 0 saturated carbocycles. The molecular formula is C12H16FN.